The first-order valence-corrected chi connectivity index (χ1v) is 9.05. The number of benzene rings is 1. The first-order valence-electron chi connectivity index (χ1n) is 9.05. The highest BCUT2D eigenvalue weighted by atomic mass is 16.6. The van der Waals surface area contributed by atoms with Gasteiger partial charge in [-0.25, -0.2) is 4.79 Å². The molecule has 0 radical (unpaired) electrons. The van der Waals surface area contributed by atoms with Crippen molar-refractivity contribution >= 4 is 17.7 Å². The van der Waals surface area contributed by atoms with Gasteiger partial charge in [-0.1, -0.05) is 12.5 Å². The second kappa shape index (κ2) is 7.15. The van der Waals surface area contributed by atoms with E-state index in [-0.39, 0.29) is 18.9 Å². The van der Waals surface area contributed by atoms with Gasteiger partial charge in [-0.3, -0.25) is 9.69 Å². The molecule has 1 heterocycles. The van der Waals surface area contributed by atoms with Crippen LogP contribution in [0.1, 0.15) is 45.4 Å². The molecule has 2 aliphatic rings. The van der Waals surface area contributed by atoms with Gasteiger partial charge in [0, 0.05) is 24.7 Å². The summed E-state index contributed by atoms with van der Waals surface area (Å²) < 4.78 is 10.7. The smallest absolute Gasteiger partial charge is 0.412 e. The van der Waals surface area contributed by atoms with Gasteiger partial charge >= 0.3 is 6.09 Å². The number of anilines is 1. The van der Waals surface area contributed by atoms with Crippen LogP contribution < -0.4 is 10.1 Å². The number of nitrogens with zero attached hydrogens (tertiary/aromatic N) is 1. The third-order valence-corrected chi connectivity index (χ3v) is 5.47. The van der Waals surface area contributed by atoms with Gasteiger partial charge in [-0.15, -0.1) is 0 Å². The third kappa shape index (κ3) is 3.35. The standard InChI is InChI=1S/C19H26N2O5/c1-18(24)19(10-4-3-5-11-19)26-17(23)21(18)12-9-16(22)20-14-7-6-8-15(13-14)25-2/h6-8,13,24H,3-5,9-12H2,1-2H3,(H,20,22)/t18-/m1/s1. The Balaban J connectivity index is 1.61. The molecule has 1 aliphatic heterocycles. The predicted octanol–water partition coefficient (Wildman–Crippen LogP) is 2.89. The maximum Gasteiger partial charge on any atom is 0.412 e. The minimum Gasteiger partial charge on any atom is -0.497 e. The van der Waals surface area contributed by atoms with E-state index in [1.165, 1.54) is 4.90 Å². The summed E-state index contributed by atoms with van der Waals surface area (Å²) in [5.74, 6) is 0.402. The highest BCUT2D eigenvalue weighted by Gasteiger charge is 2.61. The van der Waals surface area contributed by atoms with Crippen molar-refractivity contribution < 1.29 is 24.2 Å². The topological polar surface area (TPSA) is 88.1 Å². The van der Waals surface area contributed by atoms with E-state index < -0.39 is 17.4 Å². The number of nitrogens with one attached hydrogen (secondary N) is 1. The van der Waals surface area contributed by atoms with Gasteiger partial charge in [0.2, 0.25) is 5.91 Å². The number of carbonyl (C=O) groups is 2. The summed E-state index contributed by atoms with van der Waals surface area (Å²) in [4.78, 5) is 25.8. The SMILES string of the molecule is COc1cccc(NC(=O)CCN2C(=O)OC3(CCCCC3)[C@@]2(C)O)c1. The number of methoxy groups -OCH3 is 1. The van der Waals surface area contributed by atoms with Crippen molar-refractivity contribution in [1.82, 2.24) is 4.90 Å². The molecule has 1 spiro atoms. The van der Waals surface area contributed by atoms with Crippen LogP contribution in [0, 0.1) is 0 Å². The zero-order chi connectivity index (χ0) is 18.8. The number of ether oxygens (including phenoxy) is 2. The Labute approximate surface area is 153 Å². The van der Waals surface area contributed by atoms with Crippen LogP contribution in [0.25, 0.3) is 0 Å². The third-order valence-electron chi connectivity index (χ3n) is 5.47. The minimum atomic E-state index is -1.40. The number of hydrogen-bond donors (Lipinski definition) is 2. The molecular formula is C19H26N2O5. The molecule has 1 saturated heterocycles. The Kier molecular flexibility index (Phi) is 5.09. The number of rotatable bonds is 5. The van der Waals surface area contributed by atoms with Gasteiger partial charge in [-0.2, -0.15) is 0 Å². The number of aliphatic hydroxyl groups is 1. The first kappa shape index (κ1) is 18.5. The molecule has 2 amide bonds. The Morgan fingerprint density at radius 1 is 1.35 bits per heavy atom. The fourth-order valence-corrected chi connectivity index (χ4v) is 3.89. The molecule has 7 heteroatoms. The van der Waals surface area contributed by atoms with E-state index in [2.05, 4.69) is 5.32 Å². The molecular weight excluding hydrogens is 336 g/mol. The van der Waals surface area contributed by atoms with Gasteiger partial charge < -0.3 is 19.9 Å². The number of hydrogen-bond acceptors (Lipinski definition) is 5. The summed E-state index contributed by atoms with van der Waals surface area (Å²) in [6.07, 6.45) is 3.75. The van der Waals surface area contributed by atoms with E-state index in [4.69, 9.17) is 9.47 Å². The molecule has 1 saturated carbocycles. The van der Waals surface area contributed by atoms with Crippen molar-refractivity contribution in [1.29, 1.82) is 0 Å². The van der Waals surface area contributed by atoms with E-state index >= 15 is 0 Å². The quantitative estimate of drug-likeness (QED) is 0.841. The minimum absolute atomic E-state index is 0.0680. The van der Waals surface area contributed by atoms with E-state index in [0.29, 0.717) is 24.3 Å². The maximum absolute atomic E-state index is 12.3. The van der Waals surface area contributed by atoms with Crippen molar-refractivity contribution in [3.63, 3.8) is 0 Å². The lowest BCUT2D eigenvalue weighted by Gasteiger charge is -2.42. The molecule has 26 heavy (non-hydrogen) atoms. The molecule has 2 fully saturated rings. The second-order valence-corrected chi connectivity index (χ2v) is 7.13. The lowest BCUT2D eigenvalue weighted by molar-refractivity contribution is -0.159. The monoisotopic (exact) mass is 362 g/mol. The van der Waals surface area contributed by atoms with E-state index in [0.717, 1.165) is 19.3 Å². The maximum atomic E-state index is 12.3. The van der Waals surface area contributed by atoms with Gasteiger partial charge in [-0.05, 0) is 44.7 Å². The predicted molar refractivity (Wildman–Crippen MR) is 95.9 cm³/mol. The van der Waals surface area contributed by atoms with Crippen molar-refractivity contribution in [3.8, 4) is 5.75 Å². The highest BCUT2D eigenvalue weighted by molar-refractivity contribution is 5.91. The van der Waals surface area contributed by atoms with Crippen LogP contribution in [0.3, 0.4) is 0 Å². The molecule has 0 bridgehead atoms. The van der Waals surface area contributed by atoms with E-state index in [1.54, 1.807) is 38.3 Å². The molecule has 7 nitrogen and oxygen atoms in total. The average Bonchev–Trinajstić information content (AvgIpc) is 2.79. The molecule has 1 aromatic rings. The van der Waals surface area contributed by atoms with E-state index in [9.17, 15) is 14.7 Å². The lowest BCUT2D eigenvalue weighted by Crippen LogP contribution is -2.57. The summed E-state index contributed by atoms with van der Waals surface area (Å²) in [5, 5.41) is 13.8. The molecule has 1 aliphatic carbocycles. The Morgan fingerprint density at radius 2 is 2.08 bits per heavy atom. The molecule has 142 valence electrons. The summed E-state index contributed by atoms with van der Waals surface area (Å²) >= 11 is 0. The molecule has 1 atom stereocenters. The summed E-state index contributed by atoms with van der Waals surface area (Å²) in [6.45, 7) is 1.71. The van der Waals surface area contributed by atoms with Crippen LogP contribution >= 0.6 is 0 Å². The number of amides is 2. The molecule has 0 aromatic heterocycles. The highest BCUT2D eigenvalue weighted by Crippen LogP contribution is 2.46. The zero-order valence-corrected chi connectivity index (χ0v) is 15.3. The van der Waals surface area contributed by atoms with Crippen LogP contribution in [0.5, 0.6) is 5.75 Å². The zero-order valence-electron chi connectivity index (χ0n) is 15.3. The van der Waals surface area contributed by atoms with Crippen LogP contribution in [0.15, 0.2) is 24.3 Å². The number of carbonyl (C=O) groups excluding carboxylic acids is 2. The van der Waals surface area contributed by atoms with Crippen LogP contribution in [-0.4, -0.2) is 47.0 Å². The molecule has 2 N–H and O–H groups in total. The van der Waals surface area contributed by atoms with Crippen LogP contribution in [-0.2, 0) is 9.53 Å². The Bertz CT molecular complexity index is 682. The Hall–Kier alpha value is -2.28. The first-order chi connectivity index (χ1) is 12.4. The largest absolute Gasteiger partial charge is 0.497 e. The molecule has 3 rings (SSSR count). The normalized spacial score (nSPS) is 24.4. The second-order valence-electron chi connectivity index (χ2n) is 7.13. The molecule has 1 aromatic carbocycles. The Morgan fingerprint density at radius 3 is 2.77 bits per heavy atom. The summed E-state index contributed by atoms with van der Waals surface area (Å²) in [5.41, 5.74) is -1.64. The van der Waals surface area contributed by atoms with E-state index in [1.807, 2.05) is 0 Å². The fraction of sp³-hybridized carbons (Fsp3) is 0.579. The van der Waals surface area contributed by atoms with Crippen molar-refractivity contribution in [2.75, 3.05) is 19.0 Å². The average molecular weight is 362 g/mol. The van der Waals surface area contributed by atoms with Crippen molar-refractivity contribution in [2.24, 2.45) is 0 Å². The van der Waals surface area contributed by atoms with Gasteiger partial charge in [0.25, 0.3) is 0 Å². The van der Waals surface area contributed by atoms with Crippen molar-refractivity contribution in [2.45, 2.75) is 56.8 Å². The summed E-state index contributed by atoms with van der Waals surface area (Å²) in [6, 6.07) is 7.05. The fourth-order valence-electron chi connectivity index (χ4n) is 3.89. The van der Waals surface area contributed by atoms with Crippen LogP contribution in [0.2, 0.25) is 0 Å². The summed E-state index contributed by atoms with van der Waals surface area (Å²) in [7, 11) is 1.56. The molecule has 0 unspecified atom stereocenters. The van der Waals surface area contributed by atoms with Gasteiger partial charge in [0.15, 0.2) is 11.3 Å². The lowest BCUT2D eigenvalue weighted by atomic mass is 9.77. The van der Waals surface area contributed by atoms with Crippen molar-refractivity contribution in [3.05, 3.63) is 24.3 Å². The van der Waals surface area contributed by atoms with Gasteiger partial charge in [0.05, 0.1) is 7.11 Å². The van der Waals surface area contributed by atoms with Crippen LogP contribution in [0.4, 0.5) is 10.5 Å². The van der Waals surface area contributed by atoms with Gasteiger partial charge in [0.1, 0.15) is 5.75 Å².